The maximum atomic E-state index is 11.3. The highest BCUT2D eigenvalue weighted by Gasteiger charge is 2.14. The zero-order valence-electron chi connectivity index (χ0n) is 11.4. The fourth-order valence-electron chi connectivity index (χ4n) is 1.44. The van der Waals surface area contributed by atoms with Crippen LogP contribution in [0.3, 0.4) is 0 Å². The molecule has 0 saturated carbocycles. The van der Waals surface area contributed by atoms with E-state index in [9.17, 15) is 9.59 Å². The Morgan fingerprint density at radius 1 is 1.26 bits per heavy atom. The summed E-state index contributed by atoms with van der Waals surface area (Å²) in [6.07, 6.45) is -0.588. The molecular formula is C14H19NO4. The third-order valence-electron chi connectivity index (χ3n) is 2.39. The number of amides is 1. The normalized spacial score (nSPS) is 11.7. The van der Waals surface area contributed by atoms with Crippen molar-refractivity contribution in [2.45, 2.75) is 33.5 Å². The van der Waals surface area contributed by atoms with E-state index in [1.165, 1.54) is 6.92 Å². The van der Waals surface area contributed by atoms with E-state index in [0.717, 1.165) is 11.3 Å². The molecule has 0 aliphatic carbocycles. The van der Waals surface area contributed by atoms with Gasteiger partial charge in [-0.2, -0.15) is 0 Å². The van der Waals surface area contributed by atoms with Crippen LogP contribution in [-0.2, 0) is 25.7 Å². The number of carbonyl (C=O) groups is 2. The zero-order chi connectivity index (χ0) is 14.3. The van der Waals surface area contributed by atoms with E-state index in [-0.39, 0.29) is 11.9 Å². The van der Waals surface area contributed by atoms with Gasteiger partial charge in [-0.15, -0.1) is 0 Å². The van der Waals surface area contributed by atoms with Crippen molar-refractivity contribution < 1.29 is 19.1 Å². The van der Waals surface area contributed by atoms with Crippen LogP contribution in [0.5, 0.6) is 0 Å². The quantitative estimate of drug-likeness (QED) is 0.800. The number of rotatable bonds is 6. The third-order valence-corrected chi connectivity index (χ3v) is 2.39. The second kappa shape index (κ2) is 7.53. The molecule has 0 saturated heterocycles. The lowest BCUT2D eigenvalue weighted by molar-refractivity contribution is -0.156. The summed E-state index contributed by atoms with van der Waals surface area (Å²) in [6.45, 7) is 5.53. The van der Waals surface area contributed by atoms with Gasteiger partial charge in [-0.05, 0) is 31.5 Å². The predicted molar refractivity (Wildman–Crippen MR) is 71.6 cm³/mol. The van der Waals surface area contributed by atoms with Gasteiger partial charge in [0, 0.05) is 12.6 Å². The molecule has 0 heterocycles. The molecule has 0 aromatic heterocycles. The Balaban J connectivity index is 2.45. The number of benzene rings is 1. The van der Waals surface area contributed by atoms with Gasteiger partial charge in [-0.1, -0.05) is 12.1 Å². The van der Waals surface area contributed by atoms with Crippen LogP contribution in [0.25, 0.3) is 0 Å². The Labute approximate surface area is 112 Å². The predicted octanol–water partition coefficient (Wildman–Crippen LogP) is 2.11. The van der Waals surface area contributed by atoms with Crippen LogP contribution >= 0.6 is 0 Å². The molecule has 0 spiro atoms. The van der Waals surface area contributed by atoms with Gasteiger partial charge in [-0.3, -0.25) is 4.79 Å². The number of nitrogens with one attached hydrogen (secondary N) is 1. The maximum absolute atomic E-state index is 11.3. The smallest absolute Gasteiger partial charge is 0.334 e. The van der Waals surface area contributed by atoms with Gasteiger partial charge in [-0.25, -0.2) is 4.79 Å². The molecule has 0 aliphatic heterocycles. The van der Waals surface area contributed by atoms with Crippen LogP contribution < -0.4 is 5.32 Å². The van der Waals surface area contributed by atoms with Crippen molar-refractivity contribution in [2.24, 2.45) is 0 Å². The van der Waals surface area contributed by atoms with Crippen molar-refractivity contribution in [3.05, 3.63) is 29.8 Å². The van der Waals surface area contributed by atoms with Crippen molar-refractivity contribution in [1.29, 1.82) is 0 Å². The summed E-state index contributed by atoms with van der Waals surface area (Å²) < 4.78 is 10.2. The molecule has 5 heteroatoms. The van der Waals surface area contributed by atoms with E-state index in [1.54, 1.807) is 26.0 Å². The molecular weight excluding hydrogens is 246 g/mol. The van der Waals surface area contributed by atoms with Gasteiger partial charge in [0.25, 0.3) is 0 Å². The number of hydrogen-bond acceptors (Lipinski definition) is 4. The van der Waals surface area contributed by atoms with Gasteiger partial charge in [0.15, 0.2) is 6.10 Å². The fraction of sp³-hybridized carbons (Fsp3) is 0.429. The van der Waals surface area contributed by atoms with Crippen molar-refractivity contribution in [1.82, 2.24) is 0 Å². The minimum absolute atomic E-state index is 0.111. The summed E-state index contributed by atoms with van der Waals surface area (Å²) >= 11 is 0. The monoisotopic (exact) mass is 265 g/mol. The SMILES string of the molecule is CCOC(=O)C(C)OCc1ccc(NC(C)=O)cc1. The zero-order valence-corrected chi connectivity index (χ0v) is 11.4. The first-order chi connectivity index (χ1) is 9.02. The largest absolute Gasteiger partial charge is 0.464 e. The molecule has 0 radical (unpaired) electrons. The highest BCUT2D eigenvalue weighted by molar-refractivity contribution is 5.88. The maximum Gasteiger partial charge on any atom is 0.334 e. The van der Waals surface area contributed by atoms with Gasteiger partial charge < -0.3 is 14.8 Å². The van der Waals surface area contributed by atoms with Gasteiger partial charge in [0.2, 0.25) is 5.91 Å². The first-order valence-corrected chi connectivity index (χ1v) is 6.17. The number of ether oxygens (including phenoxy) is 2. The Morgan fingerprint density at radius 2 is 1.89 bits per heavy atom. The van der Waals surface area contributed by atoms with Crippen molar-refractivity contribution in [3.63, 3.8) is 0 Å². The average Bonchev–Trinajstić information content (AvgIpc) is 2.37. The second-order valence-corrected chi connectivity index (χ2v) is 4.08. The molecule has 1 atom stereocenters. The molecule has 1 amide bonds. The molecule has 1 rings (SSSR count). The number of anilines is 1. The molecule has 104 valence electrons. The molecule has 1 aromatic rings. The summed E-state index contributed by atoms with van der Waals surface area (Å²) in [6, 6.07) is 7.25. The Bertz CT molecular complexity index is 428. The lowest BCUT2D eigenvalue weighted by Gasteiger charge is -2.12. The van der Waals surface area contributed by atoms with Crippen molar-refractivity contribution in [2.75, 3.05) is 11.9 Å². The minimum Gasteiger partial charge on any atom is -0.464 e. The van der Waals surface area contributed by atoms with Crippen LogP contribution in [0, 0.1) is 0 Å². The number of hydrogen-bond donors (Lipinski definition) is 1. The van der Waals surface area contributed by atoms with Gasteiger partial charge in [0.1, 0.15) is 0 Å². The molecule has 0 aliphatic rings. The third kappa shape index (κ3) is 5.52. The molecule has 1 unspecified atom stereocenters. The average molecular weight is 265 g/mol. The molecule has 0 bridgehead atoms. The number of esters is 1. The number of carbonyl (C=O) groups excluding carboxylic acids is 2. The summed E-state index contributed by atoms with van der Waals surface area (Å²) in [5.41, 5.74) is 1.65. The highest BCUT2D eigenvalue weighted by atomic mass is 16.6. The standard InChI is InChI=1S/C14H19NO4/c1-4-18-14(17)10(2)19-9-12-5-7-13(8-6-12)15-11(3)16/h5-8,10H,4,9H2,1-3H3,(H,15,16). The molecule has 1 N–H and O–H groups in total. The molecule has 19 heavy (non-hydrogen) atoms. The lowest BCUT2D eigenvalue weighted by Crippen LogP contribution is -2.23. The molecule has 0 fully saturated rings. The first-order valence-electron chi connectivity index (χ1n) is 6.17. The minimum atomic E-state index is -0.588. The van der Waals surface area contributed by atoms with E-state index in [1.807, 2.05) is 12.1 Å². The van der Waals surface area contributed by atoms with E-state index in [0.29, 0.717) is 13.2 Å². The van der Waals surface area contributed by atoms with Crippen molar-refractivity contribution >= 4 is 17.6 Å². The topological polar surface area (TPSA) is 64.6 Å². The second-order valence-electron chi connectivity index (χ2n) is 4.08. The van der Waals surface area contributed by atoms with Crippen LogP contribution in [-0.4, -0.2) is 24.6 Å². The first kappa shape index (κ1) is 15.2. The Kier molecular flexibility index (Phi) is 6.02. The van der Waals surface area contributed by atoms with E-state index >= 15 is 0 Å². The molecule has 1 aromatic carbocycles. The van der Waals surface area contributed by atoms with Crippen LogP contribution in [0.15, 0.2) is 24.3 Å². The highest BCUT2D eigenvalue weighted by Crippen LogP contribution is 2.11. The lowest BCUT2D eigenvalue weighted by atomic mass is 10.2. The fourth-order valence-corrected chi connectivity index (χ4v) is 1.44. The van der Waals surface area contributed by atoms with Crippen LogP contribution in [0.4, 0.5) is 5.69 Å². The van der Waals surface area contributed by atoms with E-state index in [2.05, 4.69) is 5.32 Å². The summed E-state index contributed by atoms with van der Waals surface area (Å²) in [4.78, 5) is 22.2. The van der Waals surface area contributed by atoms with Gasteiger partial charge in [0.05, 0.1) is 13.2 Å². The summed E-state index contributed by atoms with van der Waals surface area (Å²) in [7, 11) is 0. The van der Waals surface area contributed by atoms with Crippen LogP contribution in [0.2, 0.25) is 0 Å². The van der Waals surface area contributed by atoms with Gasteiger partial charge >= 0.3 is 5.97 Å². The summed E-state index contributed by atoms with van der Waals surface area (Å²) in [5.74, 6) is -0.475. The van der Waals surface area contributed by atoms with E-state index in [4.69, 9.17) is 9.47 Å². The Morgan fingerprint density at radius 3 is 2.42 bits per heavy atom. The summed E-state index contributed by atoms with van der Waals surface area (Å²) in [5, 5.41) is 2.68. The van der Waals surface area contributed by atoms with E-state index < -0.39 is 6.10 Å². The Hall–Kier alpha value is -1.88. The van der Waals surface area contributed by atoms with Crippen molar-refractivity contribution in [3.8, 4) is 0 Å². The van der Waals surface area contributed by atoms with Crippen LogP contribution in [0.1, 0.15) is 26.3 Å². The molecule has 5 nitrogen and oxygen atoms in total.